The molecule has 4 aromatic heterocycles. The molecule has 14 rings (SSSR count). The van der Waals surface area contributed by atoms with Gasteiger partial charge in [0.15, 0.2) is 17.5 Å². The van der Waals surface area contributed by atoms with Crippen LogP contribution < -0.4 is 0 Å². The Balaban J connectivity index is 0.923. The highest BCUT2D eigenvalue weighted by molar-refractivity contribution is 7.25. The van der Waals surface area contributed by atoms with Crippen LogP contribution in [0.2, 0.25) is 0 Å². The Hall–Kier alpha value is -8.19. The third-order valence-electron chi connectivity index (χ3n) is 13.8. The summed E-state index contributed by atoms with van der Waals surface area (Å²) in [7, 11) is 0. The van der Waals surface area contributed by atoms with Gasteiger partial charge in [-0.05, 0) is 81.4 Å². The second-order valence-electron chi connectivity index (χ2n) is 17.9. The van der Waals surface area contributed by atoms with Gasteiger partial charge in [-0.1, -0.05) is 159 Å². The lowest BCUT2D eigenvalue weighted by molar-refractivity contribution is 0.660. The van der Waals surface area contributed by atoms with Gasteiger partial charge in [-0.25, -0.2) is 15.0 Å². The van der Waals surface area contributed by atoms with Crippen molar-refractivity contribution in [2.75, 3.05) is 0 Å². The lowest BCUT2D eigenvalue weighted by atomic mass is 9.82. The number of hydrogen-bond acceptors (Lipinski definition) is 6. The Morgan fingerprint density at radius 3 is 1.88 bits per heavy atom. The summed E-state index contributed by atoms with van der Waals surface area (Å²) in [5.41, 5.74) is 15.4. The molecule has 13 aromatic rings. The Labute approximate surface area is 383 Å². The summed E-state index contributed by atoms with van der Waals surface area (Å²) in [6.07, 6.45) is 0. The molecule has 310 valence electrons. The highest BCUT2D eigenvalue weighted by Gasteiger charge is 2.35. The Morgan fingerprint density at radius 1 is 0.364 bits per heavy atom. The lowest BCUT2D eigenvalue weighted by Gasteiger charge is -2.21. The number of thiophene rings is 1. The first-order valence-electron chi connectivity index (χ1n) is 22.3. The second-order valence-corrected chi connectivity index (χ2v) is 19.0. The molecule has 0 amide bonds. The van der Waals surface area contributed by atoms with E-state index >= 15 is 0 Å². The van der Waals surface area contributed by atoms with E-state index < -0.39 is 0 Å². The third-order valence-corrected chi connectivity index (χ3v) is 14.9. The molecule has 9 aromatic carbocycles. The lowest BCUT2D eigenvalue weighted by Crippen LogP contribution is -2.15. The number of hydrogen-bond donors (Lipinski definition) is 0. The van der Waals surface area contributed by atoms with Crippen molar-refractivity contribution in [2.24, 2.45) is 0 Å². The van der Waals surface area contributed by atoms with Gasteiger partial charge in [0.1, 0.15) is 22.3 Å². The molecule has 5 nitrogen and oxygen atoms in total. The van der Waals surface area contributed by atoms with E-state index in [0.717, 1.165) is 82.8 Å². The molecule has 0 unspecified atom stereocenters. The summed E-state index contributed by atoms with van der Waals surface area (Å²) in [6.45, 7) is 4.60. The molecule has 0 fully saturated rings. The van der Waals surface area contributed by atoms with Crippen molar-refractivity contribution < 1.29 is 8.83 Å². The van der Waals surface area contributed by atoms with E-state index in [1.807, 2.05) is 41.7 Å². The summed E-state index contributed by atoms with van der Waals surface area (Å²) < 4.78 is 16.0. The number of para-hydroxylation sites is 1. The molecule has 0 radical (unpaired) electrons. The van der Waals surface area contributed by atoms with Crippen LogP contribution in [0, 0.1) is 0 Å². The Morgan fingerprint density at radius 2 is 0.985 bits per heavy atom. The molecule has 0 saturated heterocycles. The van der Waals surface area contributed by atoms with E-state index in [0.29, 0.717) is 17.5 Å². The van der Waals surface area contributed by atoms with Gasteiger partial charge in [-0.15, -0.1) is 11.3 Å². The van der Waals surface area contributed by atoms with Gasteiger partial charge in [0.2, 0.25) is 0 Å². The van der Waals surface area contributed by atoms with Crippen molar-refractivity contribution in [1.29, 1.82) is 0 Å². The zero-order valence-electron chi connectivity index (χ0n) is 36.0. The minimum atomic E-state index is -0.163. The quantitative estimate of drug-likeness (QED) is 0.172. The maximum Gasteiger partial charge on any atom is 0.164 e. The molecule has 1 aliphatic carbocycles. The fourth-order valence-corrected chi connectivity index (χ4v) is 11.7. The monoisotopic (exact) mass is 863 g/mol. The molecule has 6 heteroatoms. The Bertz CT molecular complexity index is 4160. The van der Waals surface area contributed by atoms with Crippen molar-refractivity contribution in [1.82, 2.24) is 15.0 Å². The van der Waals surface area contributed by atoms with E-state index in [2.05, 4.69) is 172 Å². The second kappa shape index (κ2) is 13.9. The van der Waals surface area contributed by atoms with Gasteiger partial charge in [-0.2, -0.15) is 0 Å². The predicted molar refractivity (Wildman–Crippen MR) is 272 cm³/mol. The molecular formula is C60H37N3O2S. The predicted octanol–water partition coefficient (Wildman–Crippen LogP) is 16.7. The molecular weight excluding hydrogens is 827 g/mol. The fraction of sp³-hybridized carbons (Fsp3) is 0.0500. The highest BCUT2D eigenvalue weighted by atomic mass is 32.1. The van der Waals surface area contributed by atoms with Crippen LogP contribution in [-0.4, -0.2) is 15.0 Å². The van der Waals surface area contributed by atoms with Crippen LogP contribution in [0.3, 0.4) is 0 Å². The van der Waals surface area contributed by atoms with Gasteiger partial charge in [-0.3, -0.25) is 0 Å². The molecule has 0 spiro atoms. The van der Waals surface area contributed by atoms with E-state index in [9.17, 15) is 0 Å². The normalized spacial score (nSPS) is 13.1. The van der Waals surface area contributed by atoms with Gasteiger partial charge in [0.25, 0.3) is 0 Å². The van der Waals surface area contributed by atoms with Crippen LogP contribution in [-0.2, 0) is 5.41 Å². The van der Waals surface area contributed by atoms with Gasteiger partial charge >= 0.3 is 0 Å². The fourth-order valence-electron chi connectivity index (χ4n) is 10.6. The van der Waals surface area contributed by atoms with E-state index in [1.165, 1.54) is 42.4 Å². The van der Waals surface area contributed by atoms with Crippen molar-refractivity contribution >= 4 is 75.4 Å². The van der Waals surface area contributed by atoms with Gasteiger partial charge in [0.05, 0.1) is 0 Å². The molecule has 0 saturated carbocycles. The van der Waals surface area contributed by atoms with Crippen molar-refractivity contribution in [2.45, 2.75) is 19.3 Å². The van der Waals surface area contributed by atoms with Crippen LogP contribution in [0.4, 0.5) is 0 Å². The van der Waals surface area contributed by atoms with Crippen LogP contribution in [0.1, 0.15) is 25.0 Å². The summed E-state index contributed by atoms with van der Waals surface area (Å²) in [4.78, 5) is 15.6. The number of aromatic nitrogens is 3. The summed E-state index contributed by atoms with van der Waals surface area (Å²) in [6, 6.07) is 66.4. The molecule has 1 aliphatic rings. The Kier molecular flexibility index (Phi) is 7.84. The molecule has 66 heavy (non-hydrogen) atoms. The van der Waals surface area contributed by atoms with E-state index in [4.69, 9.17) is 23.8 Å². The molecule has 4 heterocycles. The van der Waals surface area contributed by atoms with Crippen molar-refractivity contribution in [3.05, 3.63) is 199 Å². The van der Waals surface area contributed by atoms with Crippen LogP contribution >= 0.6 is 11.3 Å². The number of nitrogens with zero attached hydrogens (tertiary/aromatic N) is 3. The summed E-state index contributed by atoms with van der Waals surface area (Å²) in [5.74, 6) is 1.83. The number of fused-ring (bicyclic) bond motifs is 12. The van der Waals surface area contributed by atoms with Crippen LogP contribution in [0.5, 0.6) is 0 Å². The largest absolute Gasteiger partial charge is 0.456 e. The highest BCUT2D eigenvalue weighted by Crippen LogP contribution is 2.50. The van der Waals surface area contributed by atoms with Crippen LogP contribution in [0.25, 0.3) is 132 Å². The minimum Gasteiger partial charge on any atom is -0.456 e. The average Bonchev–Trinajstić information content (AvgIpc) is 4.11. The van der Waals surface area contributed by atoms with Crippen molar-refractivity contribution in [3.63, 3.8) is 0 Å². The first-order chi connectivity index (χ1) is 32.4. The standard InChI is InChI=1S/C60H37N3O2S/c1-60(2)47-21-8-6-15-40(47)41-28-26-37(32-48(41)60)58-61-57(34-13-4-3-5-14-34)62-59(63-58)45-20-12-22-50-55(45)46-31-35(27-30-49(46)64-50)38-17-11-23-51-54(38)44-19-10-18-39(56(44)65-51)36-25-29-43-42-16-7-9-24-52(42)66-53(43)33-36/h3-33H,1-2H3. The average molecular weight is 864 g/mol. The van der Waals surface area contributed by atoms with Gasteiger partial charge < -0.3 is 8.83 Å². The zero-order valence-corrected chi connectivity index (χ0v) is 36.8. The van der Waals surface area contributed by atoms with Crippen LogP contribution in [0.15, 0.2) is 197 Å². The summed E-state index contributed by atoms with van der Waals surface area (Å²) >= 11 is 1.83. The molecule has 0 bridgehead atoms. The zero-order chi connectivity index (χ0) is 43.7. The van der Waals surface area contributed by atoms with Crippen molar-refractivity contribution in [3.8, 4) is 67.5 Å². The third kappa shape index (κ3) is 5.49. The molecule has 0 aliphatic heterocycles. The number of rotatable bonds is 5. The number of benzene rings is 9. The maximum absolute atomic E-state index is 6.80. The number of furan rings is 2. The van der Waals surface area contributed by atoms with E-state index in [-0.39, 0.29) is 5.41 Å². The SMILES string of the molecule is CC1(C)c2ccccc2-c2ccc(-c3nc(-c4ccccc4)nc(-c4cccc5oc6ccc(-c7cccc8oc9c(-c%10ccc%11c(c%10)sc%10ccccc%10%11)cccc9c78)cc6c45)n3)cc21. The maximum atomic E-state index is 6.80. The molecule has 0 N–H and O–H groups in total. The smallest absolute Gasteiger partial charge is 0.164 e. The topological polar surface area (TPSA) is 65.0 Å². The summed E-state index contributed by atoms with van der Waals surface area (Å²) in [5, 5.41) is 6.69. The minimum absolute atomic E-state index is 0.163. The van der Waals surface area contributed by atoms with E-state index in [1.54, 1.807) is 0 Å². The molecule has 0 atom stereocenters. The first kappa shape index (κ1) is 37.2. The first-order valence-corrected chi connectivity index (χ1v) is 23.1. The van der Waals surface area contributed by atoms with Gasteiger partial charge in [0, 0.05) is 69.4 Å².